The molecule has 1 aromatic heterocycles. The van der Waals surface area contributed by atoms with E-state index in [0.29, 0.717) is 12.3 Å². The zero-order chi connectivity index (χ0) is 13.3. The van der Waals surface area contributed by atoms with Crippen molar-refractivity contribution in [1.82, 2.24) is 14.7 Å². The normalized spacial score (nSPS) is 19.3. The number of carbonyl (C=O) groups is 1. The molecule has 2 rings (SSSR count). The fraction of sp³-hybridized carbons (Fsp3) is 0.667. The molecule has 0 aliphatic carbocycles. The fourth-order valence-corrected chi connectivity index (χ4v) is 2.20. The second-order valence-electron chi connectivity index (χ2n) is 4.80. The lowest BCUT2D eigenvalue weighted by atomic mass is 10.3. The quantitative estimate of drug-likeness (QED) is 0.820. The van der Waals surface area contributed by atoms with Gasteiger partial charge in [0.1, 0.15) is 5.69 Å². The van der Waals surface area contributed by atoms with E-state index in [1.54, 1.807) is 9.58 Å². The van der Waals surface area contributed by atoms with Crippen LogP contribution in [0.25, 0.3) is 0 Å². The molecule has 1 aliphatic heterocycles. The zero-order valence-corrected chi connectivity index (χ0v) is 11.1. The van der Waals surface area contributed by atoms with Crippen molar-refractivity contribution in [3.05, 3.63) is 11.4 Å². The van der Waals surface area contributed by atoms with Crippen molar-refractivity contribution >= 4 is 5.91 Å². The Morgan fingerprint density at radius 1 is 1.56 bits per heavy atom. The van der Waals surface area contributed by atoms with Gasteiger partial charge in [-0.05, 0) is 20.3 Å². The molecule has 2 heterocycles. The minimum Gasteiger partial charge on any atom is -0.480 e. The topological polar surface area (TPSA) is 73.4 Å². The molecule has 1 fully saturated rings. The van der Waals surface area contributed by atoms with Gasteiger partial charge >= 0.3 is 0 Å². The first-order valence-electron chi connectivity index (χ1n) is 6.15. The van der Waals surface area contributed by atoms with Gasteiger partial charge in [-0.15, -0.1) is 0 Å². The van der Waals surface area contributed by atoms with Gasteiger partial charge in [0.25, 0.3) is 5.91 Å². The summed E-state index contributed by atoms with van der Waals surface area (Å²) >= 11 is 0. The van der Waals surface area contributed by atoms with Crippen LogP contribution >= 0.6 is 0 Å². The van der Waals surface area contributed by atoms with Gasteiger partial charge in [-0.25, -0.2) is 0 Å². The molecule has 6 nitrogen and oxygen atoms in total. The lowest BCUT2D eigenvalue weighted by Gasteiger charge is -2.16. The number of ether oxygens (including phenoxy) is 1. The molecule has 2 N–H and O–H groups in total. The second kappa shape index (κ2) is 4.97. The van der Waals surface area contributed by atoms with Crippen LogP contribution in [0.2, 0.25) is 0 Å². The van der Waals surface area contributed by atoms with Gasteiger partial charge in [-0.3, -0.25) is 9.48 Å². The molecule has 0 aromatic carbocycles. The van der Waals surface area contributed by atoms with Crippen molar-refractivity contribution in [3.8, 4) is 5.75 Å². The molecule has 1 amide bonds. The largest absolute Gasteiger partial charge is 0.480 e. The number of nitrogens with zero attached hydrogens (tertiary/aromatic N) is 3. The van der Waals surface area contributed by atoms with Gasteiger partial charge in [0.15, 0.2) is 12.4 Å². The molecule has 100 valence electrons. The molecule has 6 heteroatoms. The lowest BCUT2D eigenvalue weighted by Crippen LogP contribution is -2.35. The summed E-state index contributed by atoms with van der Waals surface area (Å²) in [5.41, 5.74) is 7.51. The first-order valence-corrected chi connectivity index (χ1v) is 6.15. The van der Waals surface area contributed by atoms with Crippen LogP contribution in [0, 0.1) is 13.8 Å². The van der Waals surface area contributed by atoms with E-state index in [2.05, 4.69) is 5.10 Å². The third-order valence-electron chi connectivity index (χ3n) is 3.36. The van der Waals surface area contributed by atoms with E-state index in [1.807, 2.05) is 20.9 Å². The van der Waals surface area contributed by atoms with E-state index in [1.165, 1.54) is 0 Å². The van der Waals surface area contributed by atoms with Crippen LogP contribution in [0.3, 0.4) is 0 Å². The van der Waals surface area contributed by atoms with Crippen LogP contribution in [0.1, 0.15) is 17.8 Å². The number of carbonyl (C=O) groups excluding carboxylic acids is 1. The number of hydrogen-bond donors (Lipinski definition) is 1. The molecule has 1 aromatic rings. The SMILES string of the molecule is Cc1nn(C)c(C)c1OCC(=O)N1CC[C@@H](N)C1. The Morgan fingerprint density at radius 2 is 2.28 bits per heavy atom. The molecule has 1 saturated heterocycles. The van der Waals surface area contributed by atoms with Crippen LogP contribution in [-0.4, -0.2) is 46.3 Å². The van der Waals surface area contributed by atoms with Gasteiger partial charge < -0.3 is 15.4 Å². The summed E-state index contributed by atoms with van der Waals surface area (Å²) in [6.07, 6.45) is 0.872. The van der Waals surface area contributed by atoms with Crippen LogP contribution in [-0.2, 0) is 11.8 Å². The summed E-state index contributed by atoms with van der Waals surface area (Å²) in [6, 6.07) is 0.107. The number of nitrogens with two attached hydrogens (primary N) is 1. The van der Waals surface area contributed by atoms with Crippen LogP contribution in [0.15, 0.2) is 0 Å². The predicted molar refractivity (Wildman–Crippen MR) is 67.3 cm³/mol. The summed E-state index contributed by atoms with van der Waals surface area (Å²) < 4.78 is 7.33. The molecule has 0 unspecified atom stereocenters. The monoisotopic (exact) mass is 252 g/mol. The van der Waals surface area contributed by atoms with Gasteiger partial charge in [-0.1, -0.05) is 0 Å². The highest BCUT2D eigenvalue weighted by Gasteiger charge is 2.24. The van der Waals surface area contributed by atoms with Crippen molar-refractivity contribution in [3.63, 3.8) is 0 Å². The number of aryl methyl sites for hydroxylation is 2. The molecule has 18 heavy (non-hydrogen) atoms. The third kappa shape index (κ3) is 2.48. The molecular formula is C12H20N4O2. The van der Waals surface area contributed by atoms with Gasteiger partial charge in [0, 0.05) is 26.2 Å². The predicted octanol–water partition coefficient (Wildman–Crippen LogP) is -0.0247. The Hall–Kier alpha value is -1.56. The number of hydrogen-bond acceptors (Lipinski definition) is 4. The third-order valence-corrected chi connectivity index (χ3v) is 3.36. The smallest absolute Gasteiger partial charge is 0.260 e. The molecule has 1 aliphatic rings. The first kappa shape index (κ1) is 12.9. The summed E-state index contributed by atoms with van der Waals surface area (Å²) in [5.74, 6) is 0.694. The lowest BCUT2D eigenvalue weighted by molar-refractivity contribution is -0.132. The van der Waals surface area contributed by atoms with Crippen molar-refractivity contribution in [2.45, 2.75) is 26.3 Å². The Morgan fingerprint density at radius 3 is 2.78 bits per heavy atom. The molecule has 1 atom stereocenters. The van der Waals surface area contributed by atoms with E-state index < -0.39 is 0 Å². The highest BCUT2D eigenvalue weighted by atomic mass is 16.5. The van der Waals surface area contributed by atoms with Crippen molar-refractivity contribution in [2.75, 3.05) is 19.7 Å². The summed E-state index contributed by atoms with van der Waals surface area (Å²) in [4.78, 5) is 13.7. The summed E-state index contributed by atoms with van der Waals surface area (Å²) in [5, 5.41) is 4.24. The van der Waals surface area contributed by atoms with Crippen LogP contribution in [0.5, 0.6) is 5.75 Å². The molecule has 0 radical (unpaired) electrons. The van der Waals surface area contributed by atoms with Crippen LogP contribution < -0.4 is 10.5 Å². The Labute approximate surface area is 107 Å². The highest BCUT2D eigenvalue weighted by molar-refractivity contribution is 5.78. The fourth-order valence-electron chi connectivity index (χ4n) is 2.20. The van der Waals surface area contributed by atoms with E-state index in [-0.39, 0.29) is 18.6 Å². The average molecular weight is 252 g/mol. The number of rotatable bonds is 3. The second-order valence-corrected chi connectivity index (χ2v) is 4.80. The molecule has 0 spiro atoms. The Kier molecular flexibility index (Phi) is 3.56. The molecule has 0 bridgehead atoms. The van der Waals surface area contributed by atoms with Crippen molar-refractivity contribution in [1.29, 1.82) is 0 Å². The van der Waals surface area contributed by atoms with E-state index in [4.69, 9.17) is 10.5 Å². The van der Waals surface area contributed by atoms with E-state index in [0.717, 1.165) is 24.4 Å². The maximum atomic E-state index is 11.9. The first-order chi connectivity index (χ1) is 8.49. The maximum Gasteiger partial charge on any atom is 0.260 e. The minimum atomic E-state index is -0.00870. The van der Waals surface area contributed by atoms with E-state index in [9.17, 15) is 4.79 Å². The maximum absolute atomic E-state index is 11.9. The highest BCUT2D eigenvalue weighted by Crippen LogP contribution is 2.21. The zero-order valence-electron chi connectivity index (χ0n) is 11.1. The average Bonchev–Trinajstić information content (AvgIpc) is 2.83. The minimum absolute atomic E-state index is 0.00870. The number of likely N-dealkylation sites (tertiary alicyclic amines) is 1. The summed E-state index contributed by atoms with van der Waals surface area (Å²) in [6.45, 7) is 5.21. The van der Waals surface area contributed by atoms with Gasteiger partial charge in [0.2, 0.25) is 0 Å². The van der Waals surface area contributed by atoms with Gasteiger partial charge in [0.05, 0.1) is 5.69 Å². The molecule has 0 saturated carbocycles. The number of amides is 1. The van der Waals surface area contributed by atoms with Crippen molar-refractivity contribution in [2.24, 2.45) is 12.8 Å². The molecular weight excluding hydrogens is 232 g/mol. The van der Waals surface area contributed by atoms with Crippen molar-refractivity contribution < 1.29 is 9.53 Å². The standard InChI is InChI=1S/C12H20N4O2/c1-8-12(9(2)15(3)14-8)18-7-11(17)16-5-4-10(13)6-16/h10H,4-7,13H2,1-3H3/t10-/m1/s1. The van der Waals surface area contributed by atoms with Gasteiger partial charge in [-0.2, -0.15) is 5.10 Å². The Bertz CT molecular complexity index is 455. The summed E-state index contributed by atoms with van der Waals surface area (Å²) in [7, 11) is 1.86. The van der Waals surface area contributed by atoms with E-state index >= 15 is 0 Å². The number of aromatic nitrogens is 2. The van der Waals surface area contributed by atoms with Crippen LogP contribution in [0.4, 0.5) is 0 Å². The Balaban J connectivity index is 1.93.